The highest BCUT2D eigenvalue weighted by molar-refractivity contribution is 8.93. The SMILES string of the molecule is Br.O=C=S(=O)=O. The third-order valence-electron chi connectivity index (χ3n) is 0.0680. The Labute approximate surface area is 46.3 Å². The molecular weight excluding hydrogens is 172 g/mol. The van der Waals surface area contributed by atoms with Gasteiger partial charge < -0.3 is 0 Å². The first-order valence-corrected chi connectivity index (χ1v) is 1.82. The third-order valence-corrected chi connectivity index (χ3v) is 0.204. The quantitative estimate of drug-likeness (QED) is 0.464. The molecule has 0 bridgehead atoms. The minimum Gasteiger partial charge on any atom is -0.216 e. The largest absolute Gasteiger partial charge is 0.301 e. The van der Waals surface area contributed by atoms with E-state index in [0.717, 1.165) is 0 Å². The Bertz CT molecular complexity index is 142. The van der Waals surface area contributed by atoms with Crippen LogP contribution in [0.25, 0.3) is 0 Å². The van der Waals surface area contributed by atoms with Gasteiger partial charge in [0.2, 0.25) is 0 Å². The summed E-state index contributed by atoms with van der Waals surface area (Å²) in [7, 11) is -2.63. The maximum absolute atomic E-state index is 8.94. The Morgan fingerprint density at radius 2 is 1.50 bits per heavy atom. The molecule has 0 spiro atoms. The van der Waals surface area contributed by atoms with Crippen LogP contribution in [0.3, 0.4) is 0 Å². The minimum absolute atomic E-state index is 0. The van der Waals surface area contributed by atoms with Crippen molar-refractivity contribution in [3.63, 3.8) is 0 Å². The molecule has 0 amide bonds. The lowest BCUT2D eigenvalue weighted by Crippen LogP contribution is -1.48. The molecule has 0 aromatic carbocycles. The van der Waals surface area contributed by atoms with Crippen LogP contribution in [0.15, 0.2) is 0 Å². The molecule has 0 aliphatic rings. The minimum atomic E-state index is -2.63. The van der Waals surface area contributed by atoms with Crippen LogP contribution in [-0.4, -0.2) is 13.7 Å². The molecule has 0 radical (unpaired) electrons. The molecule has 0 unspecified atom stereocenters. The summed E-state index contributed by atoms with van der Waals surface area (Å²) >= 11 is 0. The van der Waals surface area contributed by atoms with Gasteiger partial charge in [-0.1, -0.05) is 0 Å². The monoisotopic (exact) mass is 172 g/mol. The van der Waals surface area contributed by atoms with Gasteiger partial charge in [0.1, 0.15) is 0 Å². The average Bonchev–Trinajstić information content (AvgIpc) is 1.38. The summed E-state index contributed by atoms with van der Waals surface area (Å²) in [5.41, 5.74) is 0. The van der Waals surface area contributed by atoms with Crippen LogP contribution in [0.2, 0.25) is 0 Å². The van der Waals surface area contributed by atoms with Crippen LogP contribution < -0.4 is 0 Å². The van der Waals surface area contributed by atoms with Crippen molar-refractivity contribution in [1.82, 2.24) is 0 Å². The molecule has 0 aromatic heterocycles. The first-order chi connectivity index (χ1) is 2.27. The van der Waals surface area contributed by atoms with Gasteiger partial charge in [0.05, 0.1) is 0 Å². The molecule has 0 aromatic rings. The highest BCUT2D eigenvalue weighted by Crippen LogP contribution is 1.15. The van der Waals surface area contributed by atoms with Crippen LogP contribution in [0, 0.1) is 0 Å². The average molecular weight is 173 g/mol. The number of carbonyl (C=O) groups excluding carboxylic acids is 1. The van der Waals surface area contributed by atoms with Crippen molar-refractivity contribution < 1.29 is 13.2 Å². The second-order valence-electron chi connectivity index (χ2n) is 0.318. The van der Waals surface area contributed by atoms with Gasteiger partial charge in [-0.2, -0.15) is 8.42 Å². The van der Waals surface area contributed by atoms with Gasteiger partial charge in [-0.3, -0.25) is 0 Å². The number of hydrogen-bond acceptors (Lipinski definition) is 3. The fraction of sp³-hybridized carbons (Fsp3) is 0. The third kappa shape index (κ3) is 9.11. The summed E-state index contributed by atoms with van der Waals surface area (Å²) in [4.78, 5) is 8.77. The molecule has 5 heteroatoms. The lowest BCUT2D eigenvalue weighted by Gasteiger charge is -1.20. The smallest absolute Gasteiger partial charge is 0.216 e. The first-order valence-electron chi connectivity index (χ1n) is 0.742. The van der Waals surface area contributed by atoms with E-state index in [1.807, 2.05) is 0 Å². The lowest BCUT2D eigenvalue weighted by molar-refractivity contribution is 0.567. The fourth-order valence-electron chi connectivity index (χ4n) is 0. The van der Waals surface area contributed by atoms with E-state index < -0.39 is 10.3 Å². The topological polar surface area (TPSA) is 51.2 Å². The van der Waals surface area contributed by atoms with Crippen molar-refractivity contribution in [2.45, 2.75) is 0 Å². The normalized spacial score (nSPS) is 4.67. The fourth-order valence-corrected chi connectivity index (χ4v) is 0. The van der Waals surface area contributed by atoms with E-state index in [1.54, 1.807) is 0 Å². The molecular formula is CHBrO3S. The second-order valence-corrected chi connectivity index (χ2v) is 0.954. The predicted octanol–water partition coefficient (Wildman–Crippen LogP) is -0.489. The van der Waals surface area contributed by atoms with Crippen molar-refractivity contribution in [2.75, 3.05) is 0 Å². The highest BCUT2D eigenvalue weighted by atomic mass is 79.9. The van der Waals surface area contributed by atoms with E-state index in [0.29, 0.717) is 5.23 Å². The van der Waals surface area contributed by atoms with Gasteiger partial charge in [-0.25, -0.2) is 4.79 Å². The van der Waals surface area contributed by atoms with Crippen molar-refractivity contribution >= 4 is 32.5 Å². The molecule has 0 fully saturated rings. The van der Waals surface area contributed by atoms with E-state index in [9.17, 15) is 0 Å². The van der Waals surface area contributed by atoms with Crippen LogP contribution >= 0.6 is 17.0 Å². The van der Waals surface area contributed by atoms with E-state index in [1.165, 1.54) is 0 Å². The van der Waals surface area contributed by atoms with Crippen molar-refractivity contribution in [1.29, 1.82) is 0 Å². The molecule has 6 heavy (non-hydrogen) atoms. The Balaban J connectivity index is 0. The summed E-state index contributed by atoms with van der Waals surface area (Å²) in [6, 6.07) is 0. The van der Waals surface area contributed by atoms with Gasteiger partial charge >= 0.3 is 10.3 Å². The highest BCUT2D eigenvalue weighted by Gasteiger charge is 1.47. The van der Waals surface area contributed by atoms with Crippen molar-refractivity contribution in [3.05, 3.63) is 0 Å². The van der Waals surface area contributed by atoms with Crippen LogP contribution in [-0.2, 0) is 15.1 Å². The van der Waals surface area contributed by atoms with E-state index in [-0.39, 0.29) is 17.0 Å². The Hall–Kier alpha value is -0.120. The number of halogens is 1. The second kappa shape index (κ2) is 4.88. The van der Waals surface area contributed by atoms with Gasteiger partial charge in [-0.15, -0.1) is 17.0 Å². The van der Waals surface area contributed by atoms with Gasteiger partial charge in [0, 0.05) is 0 Å². The van der Waals surface area contributed by atoms with Crippen molar-refractivity contribution in [2.24, 2.45) is 0 Å². The van der Waals surface area contributed by atoms with Gasteiger partial charge in [0.25, 0.3) is 5.23 Å². The summed E-state index contributed by atoms with van der Waals surface area (Å²) in [5, 5.41) is 0.694. The predicted molar refractivity (Wildman–Crippen MR) is 24.9 cm³/mol. The van der Waals surface area contributed by atoms with Crippen LogP contribution in [0.4, 0.5) is 0 Å². The molecule has 0 aliphatic carbocycles. The van der Waals surface area contributed by atoms with E-state index >= 15 is 0 Å². The van der Waals surface area contributed by atoms with Crippen molar-refractivity contribution in [3.8, 4) is 0 Å². The number of hydrogen-bond donors (Lipinski definition) is 0. The standard InChI is InChI=1S/CO3S.BrH/c2-1-5(3)4;/h;1H. The molecule has 0 atom stereocenters. The van der Waals surface area contributed by atoms with Crippen LogP contribution in [0.5, 0.6) is 0 Å². The maximum Gasteiger partial charge on any atom is 0.301 e. The molecule has 36 valence electrons. The molecule has 0 aliphatic heterocycles. The Morgan fingerprint density at radius 3 is 1.50 bits per heavy atom. The molecule has 0 saturated carbocycles. The maximum atomic E-state index is 8.94. The summed E-state index contributed by atoms with van der Waals surface area (Å²) in [6.07, 6.45) is 0. The Kier molecular flexibility index (Phi) is 7.57. The van der Waals surface area contributed by atoms with Gasteiger partial charge in [-0.05, 0) is 0 Å². The van der Waals surface area contributed by atoms with E-state index in [2.05, 4.69) is 0 Å². The van der Waals surface area contributed by atoms with Crippen LogP contribution in [0.1, 0.15) is 0 Å². The summed E-state index contributed by atoms with van der Waals surface area (Å²) in [6.45, 7) is 0. The van der Waals surface area contributed by atoms with Gasteiger partial charge in [0.15, 0.2) is 0 Å². The molecule has 0 saturated heterocycles. The zero-order valence-corrected chi connectivity index (χ0v) is 5.07. The summed E-state index contributed by atoms with van der Waals surface area (Å²) in [5.74, 6) is 0. The van der Waals surface area contributed by atoms with E-state index in [4.69, 9.17) is 13.2 Å². The Morgan fingerprint density at radius 1 is 1.33 bits per heavy atom. The molecule has 0 rings (SSSR count). The first kappa shape index (κ1) is 9.30. The molecule has 3 nitrogen and oxygen atoms in total. The molecule has 0 heterocycles. The zero-order valence-electron chi connectivity index (χ0n) is 2.54. The zero-order chi connectivity index (χ0) is 4.28. The lowest BCUT2D eigenvalue weighted by atomic mass is 11.9. The summed E-state index contributed by atoms with van der Waals surface area (Å²) < 4.78 is 17.9. The molecule has 0 N–H and O–H groups in total. The number of rotatable bonds is 0.